The number of amides is 1. The summed E-state index contributed by atoms with van der Waals surface area (Å²) in [6.45, 7) is 13.3. The third-order valence-corrected chi connectivity index (χ3v) is 18.6. The number of nitro benzene ring substituents is 1. The molecule has 0 radical (unpaired) electrons. The van der Waals surface area contributed by atoms with Gasteiger partial charge in [0, 0.05) is 75.3 Å². The summed E-state index contributed by atoms with van der Waals surface area (Å²) in [6.07, 6.45) is 10.6. The van der Waals surface area contributed by atoms with Crippen LogP contribution in [0.25, 0.3) is 11.0 Å². The number of nitro groups is 1. The van der Waals surface area contributed by atoms with E-state index < -0.39 is 37.0 Å². The lowest BCUT2D eigenvalue weighted by molar-refractivity contribution is -0.384. The van der Waals surface area contributed by atoms with Gasteiger partial charge in [0.1, 0.15) is 11.3 Å². The molecule has 4 aliphatic heterocycles. The molecule has 0 bridgehead atoms. The summed E-state index contributed by atoms with van der Waals surface area (Å²) < 4.78 is 43.0. The minimum Gasteiger partial charge on any atom is -0.390 e. The van der Waals surface area contributed by atoms with Crippen LogP contribution in [0, 0.1) is 21.4 Å². The number of pyridine rings is 1. The summed E-state index contributed by atoms with van der Waals surface area (Å²) in [5, 5.41) is 26.9. The quantitative estimate of drug-likeness (QED) is 0.0682. The summed E-state index contributed by atoms with van der Waals surface area (Å²) in [6, 6.07) is 23.1. The number of aromatic amines is 1. The third-order valence-electron chi connectivity index (χ3n) is 17.3. The van der Waals surface area contributed by atoms with Gasteiger partial charge in [0.05, 0.1) is 64.3 Å². The first-order valence-corrected chi connectivity index (χ1v) is 28.4. The largest absolute Gasteiger partial charge is 0.390 e. The summed E-state index contributed by atoms with van der Waals surface area (Å²) in [5.74, 6) is 0.554. The molecule has 1 amide bonds. The molecule has 0 unspecified atom stereocenters. The maximum Gasteiger partial charge on any atom is 0.293 e. The Bertz CT molecular complexity index is 2990. The van der Waals surface area contributed by atoms with E-state index in [1.54, 1.807) is 6.07 Å². The first kappa shape index (κ1) is 50.4. The number of aliphatic hydroxyl groups is 1. The Balaban J connectivity index is 0.869. The number of nitrogens with zero attached hydrogens (tertiary/aromatic N) is 6. The van der Waals surface area contributed by atoms with E-state index in [1.807, 2.05) is 31.3 Å². The van der Waals surface area contributed by atoms with Crippen molar-refractivity contribution in [2.24, 2.45) is 11.3 Å². The molecule has 1 spiro atoms. The van der Waals surface area contributed by atoms with Gasteiger partial charge in [-0.25, -0.2) is 18.1 Å². The zero-order valence-corrected chi connectivity index (χ0v) is 43.7. The standard InChI is InChI=1S/C56H71N9O8S/c1-37(2)44-7-4-5-8-45(44)51-36-73-28-26-62(51)42-32-56(33-42)19-24-61(25-20-56)40-9-11-46(48(30-40)64-23-16-41-35-72-27-6-22-63(41)53-50(64)29-39-15-21-57-52(39)59-53)54(66)60-74(70,71)43-10-12-47(49(31-43)65(68)69)58-34-38-13-17-55(3,67)18-14-38/h4-5,7-12,15,21,29-31,37-38,41-42,51,58,67H,6,13-14,16-20,22-28,32-36H2,1-3H3,(H,57,59)(H,60,66)/t38-,41-,51+,55-/m1/s1. The normalized spacial score (nSPS) is 24.7. The topological polar surface area (TPSA) is 199 Å². The van der Waals surface area contributed by atoms with Crippen LogP contribution in [0.15, 0.2) is 83.9 Å². The minimum atomic E-state index is -4.61. The summed E-state index contributed by atoms with van der Waals surface area (Å²) >= 11 is 0. The summed E-state index contributed by atoms with van der Waals surface area (Å²) in [7, 11) is -4.61. The Labute approximate surface area is 434 Å². The molecule has 2 atom stereocenters. The highest BCUT2D eigenvalue weighted by Gasteiger charge is 2.50. The van der Waals surface area contributed by atoms with Crippen LogP contribution >= 0.6 is 0 Å². The lowest BCUT2D eigenvalue weighted by Crippen LogP contribution is -2.58. The molecule has 2 saturated carbocycles. The lowest BCUT2D eigenvalue weighted by atomic mass is 9.59. The second kappa shape index (κ2) is 20.4. The smallest absolute Gasteiger partial charge is 0.293 e. The number of hydrogen-bond acceptors (Lipinski definition) is 14. The van der Waals surface area contributed by atoms with Gasteiger partial charge in [-0.3, -0.25) is 19.8 Å². The van der Waals surface area contributed by atoms with Gasteiger partial charge in [0.2, 0.25) is 0 Å². The average molecular weight is 1030 g/mol. The van der Waals surface area contributed by atoms with E-state index in [0.29, 0.717) is 69.8 Å². The molecule has 74 heavy (non-hydrogen) atoms. The Morgan fingerprint density at radius 2 is 1.69 bits per heavy atom. The average Bonchev–Trinajstić information content (AvgIpc) is 3.65. The molecular weight excluding hydrogens is 959 g/mol. The van der Waals surface area contributed by atoms with Crippen molar-refractivity contribution in [2.45, 2.75) is 120 Å². The number of fused-ring (bicyclic) bond motifs is 4. The van der Waals surface area contributed by atoms with Crippen LogP contribution in [0.3, 0.4) is 0 Å². The number of morpholine rings is 1. The highest BCUT2D eigenvalue weighted by atomic mass is 32.2. The van der Waals surface area contributed by atoms with Crippen LogP contribution in [0.5, 0.6) is 0 Å². The number of nitrogens with one attached hydrogen (secondary N) is 3. The minimum absolute atomic E-state index is 0.0246. The molecule has 2 aromatic heterocycles. The number of H-pyrrole nitrogens is 1. The summed E-state index contributed by atoms with van der Waals surface area (Å²) in [5.41, 5.74) is 5.30. The van der Waals surface area contributed by atoms with E-state index in [2.05, 4.69) is 78.8 Å². The number of anilines is 5. The highest BCUT2D eigenvalue weighted by molar-refractivity contribution is 7.90. The Morgan fingerprint density at radius 1 is 0.905 bits per heavy atom. The molecule has 17 nitrogen and oxygen atoms in total. The van der Waals surface area contributed by atoms with E-state index in [4.69, 9.17) is 14.5 Å². The van der Waals surface area contributed by atoms with Crippen LogP contribution < -0.4 is 24.7 Å². The zero-order valence-electron chi connectivity index (χ0n) is 42.9. The number of ether oxygens (including phenoxy) is 2. The molecule has 3 aromatic carbocycles. The molecule has 3 saturated heterocycles. The van der Waals surface area contributed by atoms with Crippen molar-refractivity contribution >= 4 is 61.2 Å². The number of hydrogen-bond donors (Lipinski definition) is 4. The van der Waals surface area contributed by atoms with E-state index in [1.165, 1.54) is 23.3 Å². The van der Waals surface area contributed by atoms with Crippen LogP contribution in [-0.4, -0.2) is 123 Å². The monoisotopic (exact) mass is 1030 g/mol. The second-order valence-electron chi connectivity index (χ2n) is 22.5. The van der Waals surface area contributed by atoms with Gasteiger partial charge in [-0.05, 0) is 142 Å². The van der Waals surface area contributed by atoms with Crippen molar-refractivity contribution in [3.05, 3.63) is 106 Å². The fourth-order valence-electron chi connectivity index (χ4n) is 13.0. The molecule has 394 valence electrons. The van der Waals surface area contributed by atoms with Gasteiger partial charge in [0.25, 0.3) is 21.6 Å². The molecule has 5 fully saturated rings. The maximum absolute atomic E-state index is 14.8. The second-order valence-corrected chi connectivity index (χ2v) is 24.2. The van der Waals surface area contributed by atoms with Gasteiger partial charge >= 0.3 is 0 Å². The predicted octanol–water partition coefficient (Wildman–Crippen LogP) is 9.03. The van der Waals surface area contributed by atoms with E-state index in [9.17, 15) is 28.4 Å². The number of piperidine rings is 1. The zero-order chi connectivity index (χ0) is 51.4. The van der Waals surface area contributed by atoms with Gasteiger partial charge in [-0.15, -0.1) is 0 Å². The van der Waals surface area contributed by atoms with Gasteiger partial charge in [0.15, 0.2) is 5.82 Å². The van der Waals surface area contributed by atoms with Gasteiger partial charge < -0.3 is 39.6 Å². The highest BCUT2D eigenvalue weighted by Crippen LogP contribution is 2.54. The Morgan fingerprint density at radius 3 is 2.47 bits per heavy atom. The van der Waals surface area contributed by atoms with Crippen molar-refractivity contribution in [1.82, 2.24) is 19.6 Å². The number of carbonyl (C=O) groups excluding carboxylic acids is 1. The Kier molecular flexibility index (Phi) is 13.9. The van der Waals surface area contributed by atoms with Crippen LogP contribution in [0.2, 0.25) is 0 Å². The lowest BCUT2D eigenvalue weighted by Gasteiger charge is -2.57. The number of aromatic nitrogens is 2. The van der Waals surface area contributed by atoms with Crippen molar-refractivity contribution in [1.29, 1.82) is 0 Å². The van der Waals surface area contributed by atoms with Crippen molar-refractivity contribution in [3.63, 3.8) is 0 Å². The molecule has 4 N–H and O–H groups in total. The fourth-order valence-corrected chi connectivity index (χ4v) is 13.9. The molecule has 6 heterocycles. The molecule has 18 heteroatoms. The van der Waals surface area contributed by atoms with E-state index >= 15 is 0 Å². The van der Waals surface area contributed by atoms with E-state index in [-0.39, 0.29) is 34.7 Å². The van der Waals surface area contributed by atoms with Gasteiger partial charge in [-0.1, -0.05) is 38.1 Å². The van der Waals surface area contributed by atoms with Crippen LogP contribution in [0.4, 0.5) is 34.3 Å². The van der Waals surface area contributed by atoms with Crippen molar-refractivity contribution in [2.75, 3.05) is 85.7 Å². The molecular formula is C56H71N9O8S. The fraction of sp³-hybridized carbons (Fsp3) is 0.536. The van der Waals surface area contributed by atoms with E-state index in [0.717, 1.165) is 112 Å². The number of benzene rings is 3. The number of carbonyl (C=O) groups is 1. The first-order valence-electron chi connectivity index (χ1n) is 26.9. The Hall–Kier alpha value is -5.79. The molecule has 5 aromatic rings. The number of rotatable bonds is 12. The molecule has 2 aliphatic carbocycles. The third kappa shape index (κ3) is 10.1. The summed E-state index contributed by atoms with van der Waals surface area (Å²) in [4.78, 5) is 44.2. The predicted molar refractivity (Wildman–Crippen MR) is 287 cm³/mol. The maximum atomic E-state index is 14.8. The molecule has 6 aliphatic rings. The molecule has 11 rings (SSSR count). The van der Waals surface area contributed by atoms with Gasteiger partial charge in [-0.2, -0.15) is 0 Å². The van der Waals surface area contributed by atoms with Crippen molar-refractivity contribution < 1.29 is 32.7 Å². The number of sulfonamides is 1. The SMILES string of the molecule is CC(C)c1ccccc1[C@@H]1COCCN1C1CC2(CCN(c3ccc(C(=O)NS(=O)(=O)c4ccc(NC[C@H]5CC[C@](C)(O)CC5)c([N+](=O)[O-])c4)c(N4CC[C@@H]5COCCCN5c5nc6[nH]ccc6cc54)c3)CC2)C1. The van der Waals surface area contributed by atoms with Crippen LogP contribution in [0.1, 0.15) is 118 Å². The van der Waals surface area contributed by atoms with Crippen molar-refractivity contribution in [3.8, 4) is 0 Å². The first-order chi connectivity index (χ1) is 35.6. The van der Waals surface area contributed by atoms with Crippen LogP contribution in [-0.2, 0) is 19.5 Å².